The third-order valence-electron chi connectivity index (χ3n) is 2.65. The molecule has 0 amide bonds. The number of carbonyl (C=O) groups is 1. The lowest BCUT2D eigenvalue weighted by atomic mass is 10.1. The number of benzene rings is 1. The predicted molar refractivity (Wildman–Crippen MR) is 63.8 cm³/mol. The fourth-order valence-corrected chi connectivity index (χ4v) is 1.66. The average Bonchev–Trinajstić information content (AvgIpc) is 2.32. The number of rotatable bonds is 3. The van der Waals surface area contributed by atoms with Crippen LogP contribution in [0.15, 0.2) is 48.7 Å². The van der Waals surface area contributed by atoms with Crippen molar-refractivity contribution in [1.29, 1.82) is 0 Å². The maximum Gasteiger partial charge on any atom is 0.227 e. The maximum atomic E-state index is 12.0. The first-order chi connectivity index (χ1) is 8.16. The number of ketones is 1. The van der Waals surface area contributed by atoms with Crippen LogP contribution in [0.5, 0.6) is 5.75 Å². The topological polar surface area (TPSA) is 41.2 Å². The Morgan fingerprint density at radius 2 is 2.06 bits per heavy atom. The SMILES string of the molecule is Cc1cccc[n+]1CC(=O)c1cccc(O)c1. The summed E-state index contributed by atoms with van der Waals surface area (Å²) in [6.45, 7) is 2.24. The minimum absolute atomic E-state index is 0.0137. The quantitative estimate of drug-likeness (QED) is 0.643. The number of phenolic OH excluding ortho intramolecular Hbond substituents is 1. The van der Waals surface area contributed by atoms with Crippen molar-refractivity contribution >= 4 is 5.78 Å². The van der Waals surface area contributed by atoms with Gasteiger partial charge in [0.15, 0.2) is 11.9 Å². The second kappa shape index (κ2) is 4.78. The summed E-state index contributed by atoms with van der Waals surface area (Å²) < 4.78 is 1.88. The lowest BCUT2D eigenvalue weighted by Crippen LogP contribution is -2.40. The van der Waals surface area contributed by atoms with E-state index in [1.807, 2.05) is 35.9 Å². The highest BCUT2D eigenvalue weighted by Crippen LogP contribution is 2.11. The zero-order valence-corrected chi connectivity index (χ0v) is 9.63. The number of Topliss-reactive ketones (excluding diaryl/α,β-unsaturated/α-hetero) is 1. The third kappa shape index (κ3) is 2.69. The van der Waals surface area contributed by atoms with E-state index >= 15 is 0 Å². The number of hydrogen-bond donors (Lipinski definition) is 1. The van der Waals surface area contributed by atoms with Crippen LogP contribution in [-0.2, 0) is 6.54 Å². The number of hydrogen-bond acceptors (Lipinski definition) is 2. The normalized spacial score (nSPS) is 10.2. The molecule has 0 aliphatic carbocycles. The summed E-state index contributed by atoms with van der Waals surface area (Å²) in [4.78, 5) is 12.0. The summed E-state index contributed by atoms with van der Waals surface area (Å²) in [5.41, 5.74) is 1.56. The zero-order valence-electron chi connectivity index (χ0n) is 9.63. The Labute approximate surface area is 100.0 Å². The molecule has 0 aliphatic heterocycles. The minimum Gasteiger partial charge on any atom is -0.508 e. The minimum atomic E-state index is -0.0137. The Morgan fingerprint density at radius 3 is 2.76 bits per heavy atom. The lowest BCUT2D eigenvalue weighted by molar-refractivity contribution is -0.689. The monoisotopic (exact) mass is 228 g/mol. The van der Waals surface area contributed by atoms with Crippen LogP contribution in [0.4, 0.5) is 0 Å². The van der Waals surface area contributed by atoms with Crippen molar-refractivity contribution in [3.8, 4) is 5.75 Å². The fraction of sp³-hybridized carbons (Fsp3) is 0.143. The largest absolute Gasteiger partial charge is 0.508 e. The fourth-order valence-electron chi connectivity index (χ4n) is 1.66. The van der Waals surface area contributed by atoms with Crippen LogP contribution in [0.3, 0.4) is 0 Å². The van der Waals surface area contributed by atoms with Gasteiger partial charge in [-0.15, -0.1) is 0 Å². The second-order valence-electron chi connectivity index (χ2n) is 3.94. The molecule has 1 N–H and O–H groups in total. The maximum absolute atomic E-state index is 12.0. The highest BCUT2D eigenvalue weighted by Gasteiger charge is 2.13. The van der Waals surface area contributed by atoms with Crippen LogP contribution in [0.2, 0.25) is 0 Å². The molecule has 0 fully saturated rings. The molecular formula is C14H14NO2+. The molecule has 17 heavy (non-hydrogen) atoms. The first kappa shape index (κ1) is 11.3. The van der Waals surface area contributed by atoms with Crippen molar-refractivity contribution in [3.63, 3.8) is 0 Å². The molecule has 0 saturated heterocycles. The molecule has 1 heterocycles. The van der Waals surface area contributed by atoms with E-state index < -0.39 is 0 Å². The van der Waals surface area contributed by atoms with Crippen molar-refractivity contribution in [3.05, 3.63) is 59.9 Å². The van der Waals surface area contributed by atoms with Gasteiger partial charge < -0.3 is 5.11 Å². The highest BCUT2D eigenvalue weighted by molar-refractivity contribution is 5.95. The van der Waals surface area contributed by atoms with E-state index in [9.17, 15) is 9.90 Å². The highest BCUT2D eigenvalue weighted by atomic mass is 16.3. The summed E-state index contributed by atoms with van der Waals surface area (Å²) in [6.07, 6.45) is 1.87. The molecule has 2 aromatic rings. The van der Waals surface area contributed by atoms with Gasteiger partial charge in [-0.3, -0.25) is 4.79 Å². The Balaban J connectivity index is 2.20. The summed E-state index contributed by atoms with van der Waals surface area (Å²) in [5, 5.41) is 9.32. The predicted octanol–water partition coefficient (Wildman–Crippen LogP) is 1.87. The van der Waals surface area contributed by atoms with E-state index in [0.29, 0.717) is 5.56 Å². The standard InChI is InChI=1S/C14H13NO2/c1-11-5-2-3-8-15(11)10-14(17)12-6-4-7-13(16)9-12/h2-9H,10H2,1H3/p+1. The van der Waals surface area contributed by atoms with E-state index in [2.05, 4.69) is 0 Å². The van der Waals surface area contributed by atoms with Crippen LogP contribution in [0.25, 0.3) is 0 Å². The molecule has 0 unspecified atom stereocenters. The molecule has 1 aromatic heterocycles. The smallest absolute Gasteiger partial charge is 0.227 e. The average molecular weight is 228 g/mol. The Kier molecular flexibility index (Phi) is 3.19. The number of nitrogens with zero attached hydrogens (tertiary/aromatic N) is 1. The Hall–Kier alpha value is -2.16. The van der Waals surface area contributed by atoms with Gasteiger partial charge >= 0.3 is 0 Å². The number of phenols is 1. The molecular weight excluding hydrogens is 214 g/mol. The first-order valence-electron chi connectivity index (χ1n) is 5.44. The number of aromatic nitrogens is 1. The van der Waals surface area contributed by atoms with Crippen molar-refractivity contribution in [2.75, 3.05) is 0 Å². The summed E-state index contributed by atoms with van der Waals surface area (Å²) >= 11 is 0. The van der Waals surface area contributed by atoms with Gasteiger partial charge in [0, 0.05) is 24.6 Å². The van der Waals surface area contributed by atoms with Gasteiger partial charge in [-0.05, 0) is 12.1 Å². The van der Waals surface area contributed by atoms with Crippen LogP contribution in [0, 0.1) is 6.92 Å². The molecule has 2 rings (SSSR count). The molecule has 0 atom stereocenters. The first-order valence-corrected chi connectivity index (χ1v) is 5.44. The second-order valence-corrected chi connectivity index (χ2v) is 3.94. The van der Waals surface area contributed by atoms with Gasteiger partial charge in [-0.1, -0.05) is 18.2 Å². The van der Waals surface area contributed by atoms with Gasteiger partial charge in [0.25, 0.3) is 0 Å². The van der Waals surface area contributed by atoms with Gasteiger partial charge in [0.2, 0.25) is 12.3 Å². The molecule has 3 heteroatoms. The van der Waals surface area contributed by atoms with Gasteiger partial charge in [0.1, 0.15) is 5.75 Å². The van der Waals surface area contributed by atoms with Crippen molar-refractivity contribution in [2.24, 2.45) is 0 Å². The number of pyridine rings is 1. The zero-order chi connectivity index (χ0) is 12.3. The molecule has 1 aromatic carbocycles. The Bertz CT molecular complexity index is 549. The molecule has 0 bridgehead atoms. The molecule has 86 valence electrons. The Morgan fingerprint density at radius 1 is 1.24 bits per heavy atom. The van der Waals surface area contributed by atoms with Crippen molar-refractivity contribution < 1.29 is 14.5 Å². The van der Waals surface area contributed by atoms with Crippen LogP contribution in [0.1, 0.15) is 16.1 Å². The molecule has 0 aliphatic rings. The van der Waals surface area contributed by atoms with Gasteiger partial charge in [-0.25, -0.2) is 0 Å². The summed E-state index contributed by atoms with van der Waals surface area (Å²) in [5.74, 6) is 0.103. The van der Waals surface area contributed by atoms with Crippen LogP contribution in [-0.4, -0.2) is 10.9 Å². The van der Waals surface area contributed by atoms with Gasteiger partial charge in [-0.2, -0.15) is 4.57 Å². The summed E-state index contributed by atoms with van der Waals surface area (Å²) in [6, 6.07) is 12.2. The van der Waals surface area contributed by atoms with E-state index in [1.165, 1.54) is 6.07 Å². The molecule has 0 spiro atoms. The van der Waals surface area contributed by atoms with Crippen LogP contribution >= 0.6 is 0 Å². The van der Waals surface area contributed by atoms with Crippen molar-refractivity contribution in [1.82, 2.24) is 0 Å². The number of aromatic hydroxyl groups is 1. The number of aryl methyl sites for hydroxylation is 1. The summed E-state index contributed by atoms with van der Waals surface area (Å²) in [7, 11) is 0. The van der Waals surface area contributed by atoms with Crippen LogP contribution < -0.4 is 4.57 Å². The van der Waals surface area contributed by atoms with E-state index in [4.69, 9.17) is 0 Å². The molecule has 0 saturated carbocycles. The molecule has 3 nitrogen and oxygen atoms in total. The van der Waals surface area contributed by atoms with Gasteiger partial charge in [0.05, 0.1) is 0 Å². The van der Waals surface area contributed by atoms with E-state index in [-0.39, 0.29) is 18.1 Å². The van der Waals surface area contributed by atoms with E-state index in [1.54, 1.807) is 18.2 Å². The third-order valence-corrected chi connectivity index (χ3v) is 2.65. The van der Waals surface area contributed by atoms with Crippen molar-refractivity contribution in [2.45, 2.75) is 13.5 Å². The lowest BCUT2D eigenvalue weighted by Gasteiger charge is -2.01. The van der Waals surface area contributed by atoms with E-state index in [0.717, 1.165) is 5.69 Å². The molecule has 0 radical (unpaired) electrons. The number of carbonyl (C=O) groups excluding carboxylic acids is 1.